The third kappa shape index (κ3) is 4.92. The van der Waals surface area contributed by atoms with Crippen LogP contribution in [0, 0.1) is 10.1 Å². The number of carbonyl (C=O) groups is 1. The van der Waals surface area contributed by atoms with Crippen molar-refractivity contribution in [3.05, 3.63) is 58.1 Å². The molecule has 31 heavy (non-hydrogen) atoms. The number of benzene rings is 2. The van der Waals surface area contributed by atoms with Crippen molar-refractivity contribution in [2.45, 2.75) is 0 Å². The lowest BCUT2D eigenvalue weighted by molar-refractivity contribution is -0.384. The van der Waals surface area contributed by atoms with Crippen LogP contribution in [0.5, 0.6) is 5.75 Å². The molecule has 4 rings (SSSR count). The van der Waals surface area contributed by atoms with Crippen LogP contribution < -0.4 is 15.0 Å². The summed E-state index contributed by atoms with van der Waals surface area (Å²) in [5.41, 5.74) is 1.49. The molecule has 1 amide bonds. The minimum atomic E-state index is -0.384. The number of non-ortho nitro benzene ring substituents is 1. The van der Waals surface area contributed by atoms with E-state index >= 15 is 0 Å². The Morgan fingerprint density at radius 3 is 2.61 bits per heavy atom. The molecule has 1 aliphatic heterocycles. The Kier molecular flexibility index (Phi) is 6.28. The number of methoxy groups -OCH3 is 1. The molecule has 0 radical (unpaired) electrons. The highest BCUT2D eigenvalue weighted by molar-refractivity contribution is 7.22. The van der Waals surface area contributed by atoms with Gasteiger partial charge in [0.15, 0.2) is 5.13 Å². The molecule has 0 unspecified atom stereocenters. The van der Waals surface area contributed by atoms with Gasteiger partial charge in [0.1, 0.15) is 5.75 Å². The molecule has 2 heterocycles. The van der Waals surface area contributed by atoms with Crippen LogP contribution in [0.4, 0.5) is 10.8 Å². The van der Waals surface area contributed by atoms with E-state index in [1.54, 1.807) is 43.5 Å². The van der Waals surface area contributed by atoms with Gasteiger partial charge in [-0.15, -0.1) is 0 Å². The van der Waals surface area contributed by atoms with E-state index in [0.29, 0.717) is 12.1 Å². The average Bonchev–Trinajstić information content (AvgIpc) is 3.23. The van der Waals surface area contributed by atoms with Gasteiger partial charge in [-0.25, -0.2) is 4.98 Å². The number of nitrogens with one attached hydrogen (secondary N) is 1. The van der Waals surface area contributed by atoms with E-state index in [4.69, 9.17) is 4.74 Å². The minimum Gasteiger partial charge on any atom is -0.497 e. The van der Waals surface area contributed by atoms with Crippen molar-refractivity contribution >= 4 is 38.3 Å². The van der Waals surface area contributed by atoms with E-state index in [1.807, 2.05) is 0 Å². The molecule has 0 spiro atoms. The van der Waals surface area contributed by atoms with Crippen LogP contribution in [0.15, 0.2) is 42.5 Å². The number of carbonyl (C=O) groups excluding carboxylic acids is 1. The molecule has 10 heteroatoms. The molecular weight excluding hydrogens is 418 g/mol. The van der Waals surface area contributed by atoms with Crippen molar-refractivity contribution in [3.8, 4) is 5.75 Å². The van der Waals surface area contributed by atoms with E-state index in [-0.39, 0.29) is 16.5 Å². The number of ether oxygens (including phenoxy) is 1. The molecule has 0 aliphatic carbocycles. The molecule has 1 fully saturated rings. The first-order chi connectivity index (χ1) is 15.0. The van der Waals surface area contributed by atoms with E-state index in [2.05, 4.69) is 20.1 Å². The molecule has 1 aromatic heterocycles. The fourth-order valence-corrected chi connectivity index (χ4v) is 4.54. The van der Waals surface area contributed by atoms with Crippen LogP contribution >= 0.6 is 11.3 Å². The average molecular weight is 442 g/mol. The van der Waals surface area contributed by atoms with Crippen molar-refractivity contribution < 1.29 is 14.5 Å². The number of nitro groups is 1. The molecule has 2 aromatic carbocycles. The maximum atomic E-state index is 12.2. The summed E-state index contributed by atoms with van der Waals surface area (Å²) in [6.45, 7) is 4.75. The van der Waals surface area contributed by atoms with Crippen molar-refractivity contribution in [2.24, 2.45) is 0 Å². The lowest BCUT2D eigenvalue weighted by atomic mass is 10.2. The van der Waals surface area contributed by atoms with E-state index in [1.165, 1.54) is 17.4 Å². The fourth-order valence-electron chi connectivity index (χ4n) is 3.48. The second-order valence-electron chi connectivity index (χ2n) is 7.22. The van der Waals surface area contributed by atoms with Crippen molar-refractivity contribution in [3.63, 3.8) is 0 Å². The number of aromatic nitrogens is 1. The molecule has 0 bridgehead atoms. The highest BCUT2D eigenvalue weighted by Gasteiger charge is 2.20. The smallest absolute Gasteiger partial charge is 0.270 e. The van der Waals surface area contributed by atoms with Crippen LogP contribution in [0.25, 0.3) is 10.2 Å². The Hall–Kier alpha value is -3.24. The summed E-state index contributed by atoms with van der Waals surface area (Å²) in [5.74, 6) is 0.630. The second kappa shape index (κ2) is 9.27. The summed E-state index contributed by atoms with van der Waals surface area (Å²) in [6.07, 6.45) is 0. The SMILES string of the molecule is COc1ccc(C(=O)NCCN2CCN(c3nc4ccc([N+](=O)[O-])cc4s3)CC2)cc1. The zero-order valence-electron chi connectivity index (χ0n) is 17.1. The van der Waals surface area contributed by atoms with Gasteiger partial charge >= 0.3 is 0 Å². The van der Waals surface area contributed by atoms with Crippen LogP contribution in [0.1, 0.15) is 10.4 Å². The fraction of sp³-hybridized carbons (Fsp3) is 0.333. The maximum Gasteiger partial charge on any atom is 0.270 e. The van der Waals surface area contributed by atoms with E-state index in [0.717, 1.165) is 53.8 Å². The number of hydrogen-bond acceptors (Lipinski definition) is 8. The Morgan fingerprint density at radius 1 is 1.19 bits per heavy atom. The highest BCUT2D eigenvalue weighted by Crippen LogP contribution is 2.31. The van der Waals surface area contributed by atoms with Crippen LogP contribution in [-0.2, 0) is 0 Å². The number of rotatable bonds is 7. The van der Waals surface area contributed by atoms with Crippen molar-refractivity contribution in [1.82, 2.24) is 15.2 Å². The summed E-state index contributed by atoms with van der Waals surface area (Å²) >= 11 is 1.48. The number of thiazole rings is 1. The Morgan fingerprint density at radius 2 is 1.94 bits per heavy atom. The van der Waals surface area contributed by atoms with Gasteiger partial charge in [-0.2, -0.15) is 0 Å². The van der Waals surface area contributed by atoms with Gasteiger partial charge in [0, 0.05) is 57.0 Å². The second-order valence-corrected chi connectivity index (χ2v) is 8.23. The number of hydrogen-bond donors (Lipinski definition) is 1. The van der Waals surface area contributed by atoms with Gasteiger partial charge in [0.25, 0.3) is 11.6 Å². The zero-order chi connectivity index (χ0) is 21.8. The monoisotopic (exact) mass is 441 g/mol. The number of piperazine rings is 1. The molecule has 9 nitrogen and oxygen atoms in total. The van der Waals surface area contributed by atoms with Crippen LogP contribution in [0.2, 0.25) is 0 Å². The molecule has 1 aliphatic rings. The van der Waals surface area contributed by atoms with Crippen LogP contribution in [0.3, 0.4) is 0 Å². The number of nitro benzene ring substituents is 1. The van der Waals surface area contributed by atoms with Gasteiger partial charge in [0.05, 0.1) is 22.2 Å². The van der Waals surface area contributed by atoms with Gasteiger partial charge in [-0.3, -0.25) is 19.8 Å². The summed E-state index contributed by atoms with van der Waals surface area (Å²) in [4.78, 5) is 32.0. The first-order valence-corrected chi connectivity index (χ1v) is 10.8. The third-order valence-electron chi connectivity index (χ3n) is 5.28. The van der Waals surface area contributed by atoms with Gasteiger partial charge in [-0.05, 0) is 30.3 Å². The van der Waals surface area contributed by atoms with Gasteiger partial charge < -0.3 is 15.0 Å². The summed E-state index contributed by atoms with van der Waals surface area (Å²) < 4.78 is 5.94. The molecule has 0 saturated carbocycles. The van der Waals surface area contributed by atoms with Gasteiger partial charge in [-0.1, -0.05) is 11.3 Å². The Labute approximate surface area is 183 Å². The quantitative estimate of drug-likeness (QED) is 0.444. The van der Waals surface area contributed by atoms with Crippen molar-refractivity contribution in [2.75, 3.05) is 51.3 Å². The van der Waals surface area contributed by atoms with E-state index in [9.17, 15) is 14.9 Å². The predicted molar refractivity (Wildman–Crippen MR) is 120 cm³/mol. The molecule has 0 atom stereocenters. The number of nitrogens with zero attached hydrogens (tertiary/aromatic N) is 4. The molecular formula is C21H23N5O4S. The zero-order valence-corrected chi connectivity index (χ0v) is 17.9. The molecule has 1 N–H and O–H groups in total. The number of anilines is 1. The third-order valence-corrected chi connectivity index (χ3v) is 6.36. The Balaban J connectivity index is 1.25. The van der Waals surface area contributed by atoms with Crippen molar-refractivity contribution in [1.29, 1.82) is 0 Å². The number of amides is 1. The lowest BCUT2D eigenvalue weighted by Crippen LogP contribution is -2.48. The number of fused-ring (bicyclic) bond motifs is 1. The van der Waals surface area contributed by atoms with Gasteiger partial charge in [0.2, 0.25) is 0 Å². The summed E-state index contributed by atoms with van der Waals surface area (Å²) in [7, 11) is 1.59. The largest absolute Gasteiger partial charge is 0.497 e. The Bertz CT molecular complexity index is 1080. The topological polar surface area (TPSA) is 101 Å². The normalized spacial score (nSPS) is 14.5. The summed E-state index contributed by atoms with van der Waals surface area (Å²) in [6, 6.07) is 11.8. The predicted octanol–water partition coefficient (Wildman–Crippen LogP) is 2.77. The first kappa shape index (κ1) is 21.0. The maximum absolute atomic E-state index is 12.2. The van der Waals surface area contributed by atoms with E-state index < -0.39 is 0 Å². The molecule has 1 saturated heterocycles. The minimum absolute atomic E-state index is 0.0872. The molecule has 3 aromatic rings. The summed E-state index contributed by atoms with van der Waals surface area (Å²) in [5, 5.41) is 14.8. The lowest BCUT2D eigenvalue weighted by Gasteiger charge is -2.34. The van der Waals surface area contributed by atoms with Crippen LogP contribution in [-0.4, -0.2) is 67.1 Å². The standard InChI is InChI=1S/C21H23N5O4S/c1-30-17-5-2-15(3-6-17)20(27)22-8-9-24-10-12-25(13-11-24)21-23-18-7-4-16(26(28)29)14-19(18)31-21/h2-7,14H,8-13H2,1H3,(H,22,27). The molecule has 162 valence electrons. The highest BCUT2D eigenvalue weighted by atomic mass is 32.1. The first-order valence-electron chi connectivity index (χ1n) is 9.98.